The van der Waals surface area contributed by atoms with E-state index in [1.54, 1.807) is 30.7 Å². The Morgan fingerprint density at radius 1 is 1.19 bits per heavy atom. The number of anilines is 1. The summed E-state index contributed by atoms with van der Waals surface area (Å²) in [5.74, 6) is 2.73. The van der Waals surface area contributed by atoms with Crippen LogP contribution in [-0.4, -0.2) is 51.4 Å². The number of fused-ring (bicyclic) bond motifs is 1. The van der Waals surface area contributed by atoms with Crippen LogP contribution < -0.4 is 19.7 Å². The molecule has 1 unspecified atom stereocenters. The molecule has 9 heteroatoms. The van der Waals surface area contributed by atoms with Gasteiger partial charge in [-0.15, -0.1) is 0 Å². The van der Waals surface area contributed by atoms with E-state index in [1.165, 1.54) is 6.42 Å². The fourth-order valence-electron chi connectivity index (χ4n) is 4.27. The molecule has 32 heavy (non-hydrogen) atoms. The van der Waals surface area contributed by atoms with E-state index in [2.05, 4.69) is 20.2 Å². The van der Waals surface area contributed by atoms with E-state index >= 15 is 0 Å². The van der Waals surface area contributed by atoms with Crippen molar-refractivity contribution < 1.29 is 14.3 Å². The van der Waals surface area contributed by atoms with Crippen LogP contribution in [0.4, 0.5) is 5.82 Å². The van der Waals surface area contributed by atoms with Crippen LogP contribution in [0, 0.1) is 6.92 Å². The number of nitrogens with zero attached hydrogens (tertiary/aromatic N) is 5. The molecule has 3 aromatic rings. The maximum atomic E-state index is 12.6. The molecule has 0 radical (unpaired) electrons. The molecule has 0 saturated carbocycles. The van der Waals surface area contributed by atoms with Gasteiger partial charge in [-0.2, -0.15) is 4.98 Å². The fourth-order valence-corrected chi connectivity index (χ4v) is 4.27. The van der Waals surface area contributed by atoms with E-state index in [1.807, 2.05) is 23.8 Å². The second-order valence-corrected chi connectivity index (χ2v) is 8.09. The van der Waals surface area contributed by atoms with Crippen molar-refractivity contribution in [1.29, 1.82) is 0 Å². The zero-order valence-corrected chi connectivity index (χ0v) is 18.0. The lowest BCUT2D eigenvalue weighted by Crippen LogP contribution is -2.42. The molecular weight excluding hydrogens is 408 g/mol. The van der Waals surface area contributed by atoms with Crippen molar-refractivity contribution in [2.45, 2.75) is 38.6 Å². The lowest BCUT2D eigenvalue weighted by atomic mass is 9.99. The van der Waals surface area contributed by atoms with Crippen LogP contribution in [0.2, 0.25) is 0 Å². The molecule has 1 aromatic carbocycles. The van der Waals surface area contributed by atoms with Crippen molar-refractivity contribution in [2.75, 3.05) is 24.8 Å². The number of aryl methyl sites for hydroxylation is 1. The van der Waals surface area contributed by atoms with E-state index in [-0.39, 0.29) is 12.7 Å². The summed E-state index contributed by atoms with van der Waals surface area (Å²) in [7, 11) is 0. The largest absolute Gasteiger partial charge is 0.454 e. The first-order chi connectivity index (χ1) is 15.7. The van der Waals surface area contributed by atoms with Gasteiger partial charge in [-0.25, -0.2) is 9.97 Å². The molecule has 2 aliphatic heterocycles. The standard InChI is InChI=1S/C23H26N6O3/c1-16-12-21(27-23(26-16)28-11-9-24-14-28)29-10-3-2-4-18(29)7-8-25-22(30)17-5-6-19-20(13-17)32-15-31-19/h5-6,9,11-14,18H,2-4,7-8,10,15H2,1H3,(H,25,30). The smallest absolute Gasteiger partial charge is 0.251 e. The predicted octanol–water partition coefficient (Wildman–Crippen LogP) is 2.88. The summed E-state index contributed by atoms with van der Waals surface area (Å²) in [4.78, 5) is 28.4. The molecule has 2 aromatic heterocycles. The van der Waals surface area contributed by atoms with Gasteiger partial charge in [0.15, 0.2) is 11.5 Å². The van der Waals surface area contributed by atoms with Gasteiger partial charge in [0.25, 0.3) is 5.91 Å². The number of nitrogens with one attached hydrogen (secondary N) is 1. The van der Waals surface area contributed by atoms with Gasteiger partial charge >= 0.3 is 0 Å². The topological polar surface area (TPSA) is 94.4 Å². The second kappa shape index (κ2) is 8.86. The van der Waals surface area contributed by atoms with Crippen molar-refractivity contribution in [3.63, 3.8) is 0 Å². The monoisotopic (exact) mass is 434 g/mol. The minimum absolute atomic E-state index is 0.106. The Balaban J connectivity index is 1.25. The highest BCUT2D eigenvalue weighted by Crippen LogP contribution is 2.32. The third-order valence-electron chi connectivity index (χ3n) is 5.88. The number of carbonyl (C=O) groups excluding carboxylic acids is 1. The molecule has 1 N–H and O–H groups in total. The molecule has 1 atom stereocenters. The SMILES string of the molecule is Cc1cc(N2CCCCC2CCNC(=O)c2ccc3c(c2)OCO3)nc(-n2ccnc2)n1. The Hall–Kier alpha value is -3.62. The normalized spacial score (nSPS) is 17.4. The zero-order chi connectivity index (χ0) is 21.9. The van der Waals surface area contributed by atoms with Crippen LogP contribution >= 0.6 is 0 Å². The van der Waals surface area contributed by atoms with Gasteiger partial charge in [0.05, 0.1) is 0 Å². The summed E-state index contributed by atoms with van der Waals surface area (Å²) in [6.45, 7) is 3.71. The van der Waals surface area contributed by atoms with Crippen molar-refractivity contribution in [2.24, 2.45) is 0 Å². The number of ether oxygens (including phenoxy) is 2. The maximum Gasteiger partial charge on any atom is 0.251 e. The summed E-state index contributed by atoms with van der Waals surface area (Å²) in [5, 5.41) is 3.05. The van der Waals surface area contributed by atoms with Crippen LogP contribution in [-0.2, 0) is 0 Å². The molecule has 1 fully saturated rings. The lowest BCUT2D eigenvalue weighted by Gasteiger charge is -2.37. The number of hydrogen-bond acceptors (Lipinski definition) is 7. The predicted molar refractivity (Wildman–Crippen MR) is 118 cm³/mol. The highest BCUT2D eigenvalue weighted by Gasteiger charge is 2.25. The quantitative estimate of drug-likeness (QED) is 0.637. The minimum Gasteiger partial charge on any atom is -0.454 e. The van der Waals surface area contributed by atoms with Crippen molar-refractivity contribution >= 4 is 11.7 Å². The van der Waals surface area contributed by atoms with Crippen LogP contribution in [0.25, 0.3) is 5.95 Å². The molecule has 9 nitrogen and oxygen atoms in total. The van der Waals surface area contributed by atoms with E-state index in [0.717, 1.165) is 37.3 Å². The maximum absolute atomic E-state index is 12.6. The summed E-state index contributed by atoms with van der Waals surface area (Å²) >= 11 is 0. The lowest BCUT2D eigenvalue weighted by molar-refractivity contribution is 0.0951. The number of hydrogen-bond donors (Lipinski definition) is 1. The Kier molecular flexibility index (Phi) is 5.62. The molecule has 5 rings (SSSR count). The Morgan fingerprint density at radius 2 is 2.09 bits per heavy atom. The molecule has 166 valence electrons. The number of carbonyl (C=O) groups is 1. The molecular formula is C23H26N6O3. The fraction of sp³-hybridized carbons (Fsp3) is 0.391. The molecule has 2 aliphatic rings. The van der Waals surface area contributed by atoms with Crippen molar-refractivity contribution in [1.82, 2.24) is 24.8 Å². The van der Waals surface area contributed by atoms with Gasteiger partial charge in [-0.05, 0) is 50.8 Å². The first-order valence-electron chi connectivity index (χ1n) is 11.0. The number of rotatable bonds is 6. The summed E-state index contributed by atoms with van der Waals surface area (Å²) in [6, 6.07) is 7.60. The minimum atomic E-state index is -0.106. The van der Waals surface area contributed by atoms with E-state index in [4.69, 9.17) is 14.5 Å². The van der Waals surface area contributed by atoms with Crippen LogP contribution in [0.5, 0.6) is 11.5 Å². The van der Waals surface area contributed by atoms with E-state index in [0.29, 0.717) is 35.6 Å². The van der Waals surface area contributed by atoms with E-state index < -0.39 is 0 Å². The highest BCUT2D eigenvalue weighted by molar-refractivity contribution is 5.94. The second-order valence-electron chi connectivity index (χ2n) is 8.09. The molecule has 0 aliphatic carbocycles. The van der Waals surface area contributed by atoms with Gasteiger partial charge < -0.3 is 19.7 Å². The first-order valence-corrected chi connectivity index (χ1v) is 11.0. The van der Waals surface area contributed by atoms with Crippen LogP contribution in [0.1, 0.15) is 41.7 Å². The number of imidazole rings is 1. The van der Waals surface area contributed by atoms with Crippen LogP contribution in [0.15, 0.2) is 43.0 Å². The average molecular weight is 435 g/mol. The van der Waals surface area contributed by atoms with Gasteiger partial charge in [0.2, 0.25) is 12.7 Å². The number of benzene rings is 1. The third kappa shape index (κ3) is 4.23. The summed E-state index contributed by atoms with van der Waals surface area (Å²) in [5.41, 5.74) is 1.49. The van der Waals surface area contributed by atoms with Gasteiger partial charge in [0, 0.05) is 48.8 Å². The van der Waals surface area contributed by atoms with Crippen molar-refractivity contribution in [3.8, 4) is 17.4 Å². The van der Waals surface area contributed by atoms with E-state index in [9.17, 15) is 4.79 Å². The highest BCUT2D eigenvalue weighted by atomic mass is 16.7. The molecule has 1 amide bonds. The number of amides is 1. The Morgan fingerprint density at radius 3 is 2.97 bits per heavy atom. The molecule has 0 spiro atoms. The van der Waals surface area contributed by atoms with Crippen LogP contribution in [0.3, 0.4) is 0 Å². The zero-order valence-electron chi connectivity index (χ0n) is 18.0. The number of piperidine rings is 1. The molecule has 4 heterocycles. The Bertz CT molecular complexity index is 1100. The van der Waals surface area contributed by atoms with Crippen molar-refractivity contribution in [3.05, 3.63) is 54.2 Å². The van der Waals surface area contributed by atoms with Gasteiger partial charge in [-0.1, -0.05) is 0 Å². The first kappa shape index (κ1) is 20.3. The number of aromatic nitrogens is 4. The van der Waals surface area contributed by atoms with Gasteiger partial charge in [-0.3, -0.25) is 9.36 Å². The Labute approximate surface area is 186 Å². The van der Waals surface area contributed by atoms with Gasteiger partial charge in [0.1, 0.15) is 12.1 Å². The average Bonchev–Trinajstić information content (AvgIpc) is 3.50. The summed E-state index contributed by atoms with van der Waals surface area (Å²) < 4.78 is 12.5. The molecule has 1 saturated heterocycles. The third-order valence-corrected chi connectivity index (χ3v) is 5.88. The summed E-state index contributed by atoms with van der Waals surface area (Å²) in [6.07, 6.45) is 9.50. The molecule has 0 bridgehead atoms.